The molecule has 0 bridgehead atoms. The highest BCUT2D eigenvalue weighted by atomic mass is 32.2. The topological polar surface area (TPSA) is 79.3 Å². The van der Waals surface area contributed by atoms with Gasteiger partial charge in [-0.15, -0.1) is 34.4 Å². The minimum absolute atomic E-state index is 0.214. The third-order valence-corrected chi connectivity index (χ3v) is 5.26. The van der Waals surface area contributed by atoms with E-state index in [-0.39, 0.29) is 11.7 Å². The first kappa shape index (κ1) is 16.0. The fourth-order valence-corrected chi connectivity index (χ4v) is 3.85. The van der Waals surface area contributed by atoms with Gasteiger partial charge in [-0.1, -0.05) is 6.07 Å². The fourth-order valence-electron chi connectivity index (χ4n) is 1.64. The van der Waals surface area contributed by atoms with Gasteiger partial charge in [-0.3, -0.25) is 4.79 Å². The Morgan fingerprint density at radius 3 is 2.86 bits per heavy atom. The first-order valence-corrected chi connectivity index (χ1v) is 9.02. The molecule has 0 aliphatic heterocycles. The van der Waals surface area contributed by atoms with E-state index in [4.69, 9.17) is 0 Å². The SMILES string of the molecule is Cc1nc(CSCC(=O)NC(C(=O)O)c2cccs2)cs1. The molecular formula is C13H14N2O3S3. The van der Waals surface area contributed by atoms with Gasteiger partial charge in [0.2, 0.25) is 5.91 Å². The van der Waals surface area contributed by atoms with Gasteiger partial charge in [0.1, 0.15) is 0 Å². The van der Waals surface area contributed by atoms with Gasteiger partial charge in [0, 0.05) is 16.0 Å². The fraction of sp³-hybridized carbons (Fsp3) is 0.308. The van der Waals surface area contributed by atoms with Crippen LogP contribution >= 0.6 is 34.4 Å². The van der Waals surface area contributed by atoms with Gasteiger partial charge in [-0.25, -0.2) is 9.78 Å². The van der Waals surface area contributed by atoms with Crippen LogP contribution < -0.4 is 5.32 Å². The number of rotatable bonds is 7. The quantitative estimate of drug-likeness (QED) is 0.809. The summed E-state index contributed by atoms with van der Waals surface area (Å²) in [4.78, 5) is 28.0. The number of hydrogen-bond acceptors (Lipinski definition) is 6. The first-order chi connectivity index (χ1) is 10.1. The van der Waals surface area contributed by atoms with Crippen LogP contribution in [0.15, 0.2) is 22.9 Å². The smallest absolute Gasteiger partial charge is 0.331 e. The number of thioether (sulfide) groups is 1. The number of aryl methyl sites for hydroxylation is 1. The summed E-state index contributed by atoms with van der Waals surface area (Å²) in [6.07, 6.45) is 0. The van der Waals surface area contributed by atoms with Crippen LogP contribution in [0.4, 0.5) is 0 Å². The van der Waals surface area contributed by atoms with E-state index in [1.54, 1.807) is 28.8 Å². The average Bonchev–Trinajstić information content (AvgIpc) is 3.07. The Morgan fingerprint density at radius 2 is 2.29 bits per heavy atom. The molecule has 0 saturated carbocycles. The van der Waals surface area contributed by atoms with Crippen LogP contribution in [0, 0.1) is 6.92 Å². The summed E-state index contributed by atoms with van der Waals surface area (Å²) >= 11 is 4.31. The molecule has 0 saturated heterocycles. The van der Waals surface area contributed by atoms with Crippen molar-refractivity contribution in [2.75, 3.05) is 5.75 Å². The number of thiazole rings is 1. The van der Waals surface area contributed by atoms with Crippen LogP contribution in [0.3, 0.4) is 0 Å². The van der Waals surface area contributed by atoms with Gasteiger partial charge in [0.05, 0.1) is 16.5 Å². The summed E-state index contributed by atoms with van der Waals surface area (Å²) in [5, 5.41) is 16.5. The summed E-state index contributed by atoms with van der Waals surface area (Å²) in [5.74, 6) is -0.473. The molecule has 8 heteroatoms. The molecule has 1 unspecified atom stereocenters. The van der Waals surface area contributed by atoms with Crippen molar-refractivity contribution in [1.82, 2.24) is 10.3 Å². The third-order valence-electron chi connectivity index (χ3n) is 2.53. The van der Waals surface area contributed by atoms with E-state index in [1.807, 2.05) is 12.3 Å². The Bertz CT molecular complexity index is 610. The molecule has 2 N–H and O–H groups in total. The lowest BCUT2D eigenvalue weighted by Gasteiger charge is -2.12. The average molecular weight is 342 g/mol. The van der Waals surface area contributed by atoms with Crippen LogP contribution in [0.2, 0.25) is 0 Å². The van der Waals surface area contributed by atoms with E-state index in [0.717, 1.165) is 10.7 Å². The van der Waals surface area contributed by atoms with Gasteiger partial charge in [0.25, 0.3) is 0 Å². The molecule has 0 radical (unpaired) electrons. The molecule has 112 valence electrons. The molecule has 1 amide bonds. The molecule has 0 fully saturated rings. The highest BCUT2D eigenvalue weighted by Crippen LogP contribution is 2.20. The minimum Gasteiger partial charge on any atom is -0.479 e. The first-order valence-electron chi connectivity index (χ1n) is 6.10. The number of carbonyl (C=O) groups excluding carboxylic acids is 1. The van der Waals surface area contributed by atoms with Crippen molar-refractivity contribution in [3.63, 3.8) is 0 Å². The van der Waals surface area contributed by atoms with Crippen molar-refractivity contribution in [3.05, 3.63) is 38.5 Å². The second-order valence-electron chi connectivity index (χ2n) is 4.20. The van der Waals surface area contributed by atoms with E-state index in [2.05, 4.69) is 10.3 Å². The predicted molar refractivity (Wildman–Crippen MR) is 85.9 cm³/mol. The number of aromatic nitrogens is 1. The maximum absolute atomic E-state index is 11.8. The maximum atomic E-state index is 11.8. The van der Waals surface area contributed by atoms with E-state index in [9.17, 15) is 14.7 Å². The molecule has 0 spiro atoms. The van der Waals surface area contributed by atoms with Crippen LogP contribution in [0.1, 0.15) is 21.6 Å². The molecule has 5 nitrogen and oxygen atoms in total. The summed E-state index contributed by atoms with van der Waals surface area (Å²) in [6, 6.07) is 2.50. The number of carboxylic acid groups (broad SMARTS) is 1. The van der Waals surface area contributed by atoms with Gasteiger partial charge < -0.3 is 10.4 Å². The number of carbonyl (C=O) groups is 2. The largest absolute Gasteiger partial charge is 0.479 e. The van der Waals surface area contributed by atoms with Crippen molar-refractivity contribution in [2.24, 2.45) is 0 Å². The Kier molecular flexibility index (Phi) is 5.77. The number of amides is 1. The van der Waals surface area contributed by atoms with E-state index >= 15 is 0 Å². The van der Waals surface area contributed by atoms with E-state index < -0.39 is 12.0 Å². The number of aliphatic carboxylic acids is 1. The molecule has 2 aromatic heterocycles. The lowest BCUT2D eigenvalue weighted by atomic mass is 10.2. The maximum Gasteiger partial charge on any atom is 0.331 e. The highest BCUT2D eigenvalue weighted by Gasteiger charge is 2.22. The Balaban J connectivity index is 1.81. The summed E-state index contributed by atoms with van der Waals surface area (Å²) < 4.78 is 0. The molecule has 0 aliphatic carbocycles. The zero-order chi connectivity index (χ0) is 15.2. The number of carboxylic acids is 1. The van der Waals surface area contributed by atoms with Gasteiger partial charge in [-0.05, 0) is 18.4 Å². The molecule has 0 aromatic carbocycles. The molecular weight excluding hydrogens is 328 g/mol. The minimum atomic E-state index is -1.05. The summed E-state index contributed by atoms with van der Waals surface area (Å²) in [5.41, 5.74) is 0.948. The van der Waals surface area contributed by atoms with Crippen molar-refractivity contribution < 1.29 is 14.7 Å². The summed E-state index contributed by atoms with van der Waals surface area (Å²) in [6.45, 7) is 1.93. The standard InChI is InChI=1S/C13H14N2O3S3/c1-8-14-9(6-21-8)5-19-7-11(16)15-12(13(17)18)10-3-2-4-20-10/h2-4,6,12H,5,7H2,1H3,(H,15,16)(H,17,18). The molecule has 2 aromatic rings. The molecule has 0 aliphatic rings. The van der Waals surface area contributed by atoms with Crippen molar-refractivity contribution >= 4 is 46.3 Å². The number of nitrogens with zero attached hydrogens (tertiary/aromatic N) is 1. The normalized spacial score (nSPS) is 12.0. The van der Waals surface area contributed by atoms with Gasteiger partial charge >= 0.3 is 5.97 Å². The van der Waals surface area contributed by atoms with Crippen LogP contribution in [-0.4, -0.2) is 27.7 Å². The van der Waals surface area contributed by atoms with Crippen LogP contribution in [0.25, 0.3) is 0 Å². The highest BCUT2D eigenvalue weighted by molar-refractivity contribution is 7.99. The molecule has 21 heavy (non-hydrogen) atoms. The lowest BCUT2D eigenvalue weighted by Crippen LogP contribution is -2.34. The van der Waals surface area contributed by atoms with Gasteiger partial charge in [0.15, 0.2) is 6.04 Å². The van der Waals surface area contributed by atoms with E-state index in [1.165, 1.54) is 23.1 Å². The zero-order valence-electron chi connectivity index (χ0n) is 11.2. The number of nitrogens with one attached hydrogen (secondary N) is 1. The number of thiophene rings is 1. The van der Waals surface area contributed by atoms with Crippen LogP contribution in [-0.2, 0) is 15.3 Å². The third kappa shape index (κ3) is 4.83. The van der Waals surface area contributed by atoms with Crippen molar-refractivity contribution in [3.8, 4) is 0 Å². The Morgan fingerprint density at radius 1 is 1.48 bits per heavy atom. The summed E-state index contributed by atoms with van der Waals surface area (Å²) in [7, 11) is 0. The lowest BCUT2D eigenvalue weighted by molar-refractivity contribution is -0.141. The number of hydrogen-bond donors (Lipinski definition) is 2. The molecule has 2 rings (SSSR count). The van der Waals surface area contributed by atoms with Crippen molar-refractivity contribution in [2.45, 2.75) is 18.7 Å². The molecule has 2 heterocycles. The van der Waals surface area contributed by atoms with E-state index in [0.29, 0.717) is 10.6 Å². The Hall–Kier alpha value is -1.38. The van der Waals surface area contributed by atoms with Gasteiger partial charge in [-0.2, -0.15) is 0 Å². The second kappa shape index (κ2) is 7.58. The molecule has 1 atom stereocenters. The monoisotopic (exact) mass is 342 g/mol. The van der Waals surface area contributed by atoms with Crippen LogP contribution in [0.5, 0.6) is 0 Å². The Labute approximate surface area is 134 Å². The second-order valence-corrected chi connectivity index (χ2v) is 7.23. The zero-order valence-corrected chi connectivity index (χ0v) is 13.7. The predicted octanol–water partition coefficient (Wildman–Crippen LogP) is 2.69. The van der Waals surface area contributed by atoms with Crippen molar-refractivity contribution in [1.29, 1.82) is 0 Å².